The molecule has 0 spiro atoms. The lowest BCUT2D eigenvalue weighted by atomic mass is 10.0. The number of nitrogens with one attached hydrogen (secondary N) is 2. The number of carbonyl (C=O) groups is 2. The van der Waals surface area contributed by atoms with Gasteiger partial charge in [-0.3, -0.25) is 9.59 Å². The van der Waals surface area contributed by atoms with Gasteiger partial charge in [0.2, 0.25) is 11.8 Å². The van der Waals surface area contributed by atoms with Crippen LogP contribution in [0.25, 0.3) is 10.9 Å². The summed E-state index contributed by atoms with van der Waals surface area (Å²) < 4.78 is 24.2. The molecule has 2 amide bonds. The summed E-state index contributed by atoms with van der Waals surface area (Å²) in [6.45, 7) is 1.48. The number of hydrogen-bond donors (Lipinski definition) is 2. The van der Waals surface area contributed by atoms with Crippen LogP contribution < -0.4 is 14.8 Å². The van der Waals surface area contributed by atoms with Gasteiger partial charge in [-0.05, 0) is 42.3 Å². The third-order valence-electron chi connectivity index (χ3n) is 6.04. The highest BCUT2D eigenvalue weighted by Crippen LogP contribution is 2.29. The average Bonchev–Trinajstić information content (AvgIpc) is 3.19. The van der Waals surface area contributed by atoms with E-state index in [0.717, 1.165) is 27.7 Å². The highest BCUT2D eigenvalue weighted by atomic mass is 19.1. The minimum atomic E-state index is -0.294. The molecule has 174 valence electrons. The Labute approximate surface area is 191 Å². The van der Waals surface area contributed by atoms with Crippen LogP contribution in [0.4, 0.5) is 4.39 Å². The fourth-order valence-electron chi connectivity index (χ4n) is 4.25. The first-order chi connectivity index (χ1) is 16.0. The van der Waals surface area contributed by atoms with Gasteiger partial charge in [-0.25, -0.2) is 4.39 Å². The Kier molecular flexibility index (Phi) is 6.82. The van der Waals surface area contributed by atoms with Crippen molar-refractivity contribution in [3.8, 4) is 11.5 Å². The zero-order valence-corrected chi connectivity index (χ0v) is 18.9. The van der Waals surface area contributed by atoms with Crippen LogP contribution in [0.1, 0.15) is 29.7 Å². The summed E-state index contributed by atoms with van der Waals surface area (Å²) in [5.41, 5.74) is 3.91. The third-order valence-corrected chi connectivity index (χ3v) is 6.04. The van der Waals surface area contributed by atoms with Crippen molar-refractivity contribution in [1.29, 1.82) is 0 Å². The van der Waals surface area contributed by atoms with E-state index in [-0.39, 0.29) is 30.5 Å². The SMILES string of the molecule is COc1ccc(CCNC(=O)CCC(=O)N2CCc3[nH]c4ccc(F)cc4c3C2)cc1OC. The van der Waals surface area contributed by atoms with Crippen molar-refractivity contribution in [2.75, 3.05) is 27.3 Å². The van der Waals surface area contributed by atoms with Crippen LogP contribution in [0.15, 0.2) is 36.4 Å². The zero-order valence-electron chi connectivity index (χ0n) is 18.9. The minimum Gasteiger partial charge on any atom is -0.493 e. The van der Waals surface area contributed by atoms with Gasteiger partial charge >= 0.3 is 0 Å². The second kappa shape index (κ2) is 9.94. The summed E-state index contributed by atoms with van der Waals surface area (Å²) >= 11 is 0. The Morgan fingerprint density at radius 3 is 2.70 bits per heavy atom. The van der Waals surface area contributed by atoms with Gasteiger partial charge < -0.3 is 24.7 Å². The first-order valence-electron chi connectivity index (χ1n) is 11.0. The number of nitrogens with zero attached hydrogens (tertiary/aromatic N) is 1. The lowest BCUT2D eigenvalue weighted by molar-refractivity contribution is -0.134. The summed E-state index contributed by atoms with van der Waals surface area (Å²) in [5.74, 6) is 0.788. The number of hydrogen-bond acceptors (Lipinski definition) is 4. The summed E-state index contributed by atoms with van der Waals surface area (Å²) in [4.78, 5) is 30.0. The smallest absolute Gasteiger partial charge is 0.223 e. The Morgan fingerprint density at radius 2 is 1.91 bits per heavy atom. The largest absolute Gasteiger partial charge is 0.493 e. The van der Waals surface area contributed by atoms with Crippen molar-refractivity contribution in [1.82, 2.24) is 15.2 Å². The molecule has 4 rings (SSSR count). The molecule has 0 bridgehead atoms. The van der Waals surface area contributed by atoms with Gasteiger partial charge in [-0.15, -0.1) is 0 Å². The summed E-state index contributed by atoms with van der Waals surface area (Å²) in [7, 11) is 3.17. The van der Waals surface area contributed by atoms with E-state index in [2.05, 4.69) is 10.3 Å². The van der Waals surface area contributed by atoms with Gasteiger partial charge in [0, 0.05) is 61.1 Å². The Hall–Kier alpha value is -3.55. The van der Waals surface area contributed by atoms with E-state index < -0.39 is 0 Å². The summed E-state index contributed by atoms with van der Waals surface area (Å²) in [5, 5.41) is 3.68. The monoisotopic (exact) mass is 453 g/mol. The van der Waals surface area contributed by atoms with Crippen LogP contribution in [0.5, 0.6) is 11.5 Å². The maximum absolute atomic E-state index is 13.7. The quantitative estimate of drug-likeness (QED) is 0.548. The highest BCUT2D eigenvalue weighted by molar-refractivity contribution is 5.87. The lowest BCUT2D eigenvalue weighted by Gasteiger charge is -2.27. The maximum atomic E-state index is 13.7. The van der Waals surface area contributed by atoms with Crippen molar-refractivity contribution >= 4 is 22.7 Å². The van der Waals surface area contributed by atoms with Gasteiger partial charge in [0.05, 0.1) is 14.2 Å². The second-order valence-corrected chi connectivity index (χ2v) is 8.13. The molecular formula is C25H28FN3O4. The normalized spacial score (nSPS) is 13.0. The molecule has 0 saturated heterocycles. The van der Waals surface area contributed by atoms with Gasteiger partial charge in [0.15, 0.2) is 11.5 Å². The molecule has 0 fully saturated rings. The molecule has 1 aliphatic rings. The topological polar surface area (TPSA) is 83.7 Å². The molecule has 33 heavy (non-hydrogen) atoms. The number of rotatable bonds is 8. The van der Waals surface area contributed by atoms with E-state index in [9.17, 15) is 14.0 Å². The van der Waals surface area contributed by atoms with E-state index in [0.29, 0.717) is 44.0 Å². The first-order valence-corrected chi connectivity index (χ1v) is 11.0. The Bertz CT molecular complexity index is 1170. The fraction of sp³-hybridized carbons (Fsp3) is 0.360. The van der Waals surface area contributed by atoms with Gasteiger partial charge in [-0.1, -0.05) is 6.07 Å². The van der Waals surface area contributed by atoms with E-state index in [1.54, 1.807) is 25.2 Å². The van der Waals surface area contributed by atoms with Crippen LogP contribution in [-0.4, -0.2) is 49.0 Å². The highest BCUT2D eigenvalue weighted by Gasteiger charge is 2.24. The molecule has 0 atom stereocenters. The number of ether oxygens (including phenoxy) is 2. The fourth-order valence-corrected chi connectivity index (χ4v) is 4.25. The van der Waals surface area contributed by atoms with E-state index in [1.165, 1.54) is 12.1 Å². The molecule has 7 nitrogen and oxygen atoms in total. The maximum Gasteiger partial charge on any atom is 0.223 e. The number of carbonyl (C=O) groups excluding carboxylic acids is 2. The Morgan fingerprint density at radius 1 is 1.09 bits per heavy atom. The standard InChI is InChI=1S/C25H28FN3O4/c1-32-22-6-3-16(13-23(22)33-2)9-11-27-24(30)7-8-25(31)29-12-10-21-19(15-29)18-14-17(26)4-5-20(18)28-21/h3-6,13-14,28H,7-12,15H2,1-2H3,(H,27,30). The molecule has 0 unspecified atom stereocenters. The Balaban J connectivity index is 1.25. The molecule has 8 heteroatoms. The predicted molar refractivity (Wildman–Crippen MR) is 123 cm³/mol. The molecule has 1 aromatic heterocycles. The molecule has 3 aromatic rings. The van der Waals surface area contributed by atoms with Gasteiger partial charge in [0.1, 0.15) is 5.82 Å². The molecule has 1 aliphatic heterocycles. The van der Waals surface area contributed by atoms with Crippen LogP contribution >= 0.6 is 0 Å². The second-order valence-electron chi connectivity index (χ2n) is 8.13. The molecular weight excluding hydrogens is 425 g/mol. The minimum absolute atomic E-state index is 0.0681. The summed E-state index contributed by atoms with van der Waals surface area (Å²) in [6.07, 6.45) is 1.62. The molecule has 2 aromatic carbocycles. The van der Waals surface area contributed by atoms with Gasteiger partial charge in [0.25, 0.3) is 0 Å². The molecule has 0 aliphatic carbocycles. The third kappa shape index (κ3) is 5.10. The van der Waals surface area contributed by atoms with E-state index in [1.807, 2.05) is 18.2 Å². The number of halogens is 1. The number of fused-ring (bicyclic) bond motifs is 3. The number of amides is 2. The van der Waals surface area contributed by atoms with Crippen LogP contribution in [-0.2, 0) is 29.0 Å². The molecule has 2 heterocycles. The van der Waals surface area contributed by atoms with Gasteiger partial charge in [-0.2, -0.15) is 0 Å². The van der Waals surface area contributed by atoms with Crippen LogP contribution in [0.3, 0.4) is 0 Å². The van der Waals surface area contributed by atoms with Crippen molar-refractivity contribution in [3.63, 3.8) is 0 Å². The van der Waals surface area contributed by atoms with Crippen LogP contribution in [0.2, 0.25) is 0 Å². The van der Waals surface area contributed by atoms with Crippen molar-refractivity contribution < 1.29 is 23.5 Å². The van der Waals surface area contributed by atoms with E-state index >= 15 is 0 Å². The molecule has 0 saturated carbocycles. The van der Waals surface area contributed by atoms with Crippen molar-refractivity contribution in [2.45, 2.75) is 32.2 Å². The molecule has 0 radical (unpaired) electrons. The predicted octanol–water partition coefficient (Wildman–Crippen LogP) is 3.35. The van der Waals surface area contributed by atoms with Crippen LogP contribution in [0, 0.1) is 5.82 Å². The number of H-pyrrole nitrogens is 1. The number of aromatic nitrogens is 1. The number of methoxy groups -OCH3 is 2. The van der Waals surface area contributed by atoms with E-state index in [4.69, 9.17) is 9.47 Å². The lowest BCUT2D eigenvalue weighted by Crippen LogP contribution is -2.36. The van der Waals surface area contributed by atoms with Crippen molar-refractivity contribution in [2.24, 2.45) is 0 Å². The zero-order chi connectivity index (χ0) is 23.4. The number of benzene rings is 2. The molecule has 2 N–H and O–H groups in total. The number of aromatic amines is 1. The average molecular weight is 454 g/mol. The van der Waals surface area contributed by atoms with Crippen molar-refractivity contribution in [3.05, 3.63) is 59.0 Å². The summed E-state index contributed by atoms with van der Waals surface area (Å²) in [6, 6.07) is 10.3. The first kappa shape index (κ1) is 22.6.